The number of aliphatic hydroxyl groups is 1. The first kappa shape index (κ1) is 14.4. The third-order valence-electron chi connectivity index (χ3n) is 1.96. The van der Waals surface area contributed by atoms with Gasteiger partial charge in [0.15, 0.2) is 0 Å². The Hall–Kier alpha value is -0.670. The molecule has 0 saturated heterocycles. The fraction of sp³-hybridized carbons (Fsp3) is 0.625. The summed E-state index contributed by atoms with van der Waals surface area (Å²) in [5.74, 6) is 0. The number of nitrogens with one attached hydrogen (secondary N) is 1. The number of nitrogens with zero attached hydrogens (tertiary/aromatic N) is 2. The number of methoxy groups -OCH3 is 1. The summed E-state index contributed by atoms with van der Waals surface area (Å²) < 4.78 is 31.7. The molecule has 9 heteroatoms. The number of ether oxygens (including phenoxy) is 1. The van der Waals surface area contributed by atoms with Gasteiger partial charge in [-0.1, -0.05) is 11.6 Å². The summed E-state index contributed by atoms with van der Waals surface area (Å²) in [5.41, 5.74) is 0. The SMILES string of the molecule is COCC(O)CNS(=O)(=O)c1ncn(C)c1Cl. The Morgan fingerprint density at radius 2 is 2.35 bits per heavy atom. The Morgan fingerprint density at radius 1 is 1.71 bits per heavy atom. The Labute approximate surface area is 104 Å². The maximum atomic E-state index is 11.8. The van der Waals surface area contributed by atoms with Crippen molar-refractivity contribution in [1.29, 1.82) is 0 Å². The van der Waals surface area contributed by atoms with Gasteiger partial charge in [-0.2, -0.15) is 0 Å². The van der Waals surface area contributed by atoms with E-state index in [1.807, 2.05) is 0 Å². The number of aryl methyl sites for hydroxylation is 1. The zero-order valence-electron chi connectivity index (χ0n) is 9.42. The third-order valence-corrected chi connectivity index (χ3v) is 3.87. The molecule has 0 radical (unpaired) electrons. The molecule has 0 bridgehead atoms. The molecule has 1 unspecified atom stereocenters. The lowest BCUT2D eigenvalue weighted by atomic mass is 10.4. The largest absolute Gasteiger partial charge is 0.389 e. The first-order valence-electron chi connectivity index (χ1n) is 4.72. The predicted octanol–water partition coefficient (Wildman–Crippen LogP) is -0.641. The Balaban J connectivity index is 2.73. The molecule has 1 rings (SSSR count). The number of hydrogen-bond donors (Lipinski definition) is 2. The van der Waals surface area contributed by atoms with Crippen molar-refractivity contribution in [1.82, 2.24) is 14.3 Å². The van der Waals surface area contributed by atoms with Crippen molar-refractivity contribution < 1.29 is 18.3 Å². The molecule has 1 aromatic rings. The van der Waals surface area contributed by atoms with Crippen LogP contribution in [-0.2, 0) is 21.8 Å². The molecule has 0 aliphatic rings. The van der Waals surface area contributed by atoms with Gasteiger partial charge in [-0.15, -0.1) is 0 Å². The highest BCUT2D eigenvalue weighted by atomic mass is 35.5. The van der Waals surface area contributed by atoms with Gasteiger partial charge in [0.1, 0.15) is 5.15 Å². The van der Waals surface area contributed by atoms with Gasteiger partial charge >= 0.3 is 0 Å². The lowest BCUT2D eigenvalue weighted by Crippen LogP contribution is -2.34. The predicted molar refractivity (Wildman–Crippen MR) is 61.3 cm³/mol. The van der Waals surface area contributed by atoms with E-state index in [4.69, 9.17) is 11.6 Å². The van der Waals surface area contributed by atoms with Gasteiger partial charge in [0, 0.05) is 20.7 Å². The lowest BCUT2D eigenvalue weighted by molar-refractivity contribution is 0.0679. The highest BCUT2D eigenvalue weighted by Gasteiger charge is 2.22. The van der Waals surface area contributed by atoms with Crippen molar-refractivity contribution in [3.8, 4) is 0 Å². The molecule has 17 heavy (non-hydrogen) atoms. The van der Waals surface area contributed by atoms with E-state index in [2.05, 4.69) is 14.4 Å². The Kier molecular flexibility index (Phi) is 4.90. The van der Waals surface area contributed by atoms with Crippen LogP contribution in [0, 0.1) is 0 Å². The Morgan fingerprint density at radius 3 is 2.82 bits per heavy atom. The molecule has 0 aromatic carbocycles. The van der Waals surface area contributed by atoms with Crippen LogP contribution >= 0.6 is 11.6 Å². The molecular weight excluding hydrogens is 270 g/mol. The van der Waals surface area contributed by atoms with Crippen LogP contribution in [-0.4, -0.2) is 49.4 Å². The molecule has 1 atom stereocenters. The molecule has 1 heterocycles. The maximum absolute atomic E-state index is 11.8. The van der Waals surface area contributed by atoms with Crippen molar-refractivity contribution in [2.45, 2.75) is 11.1 Å². The summed E-state index contributed by atoms with van der Waals surface area (Å²) in [4.78, 5) is 3.68. The topological polar surface area (TPSA) is 93.4 Å². The fourth-order valence-electron chi connectivity index (χ4n) is 1.10. The van der Waals surface area contributed by atoms with Crippen LogP contribution in [0.15, 0.2) is 11.4 Å². The summed E-state index contributed by atoms with van der Waals surface area (Å²) in [6.07, 6.45) is 0.375. The van der Waals surface area contributed by atoms with Crippen LogP contribution < -0.4 is 4.72 Å². The minimum Gasteiger partial charge on any atom is -0.389 e. The number of imidazole rings is 1. The number of aliphatic hydroxyl groups excluding tert-OH is 1. The molecule has 0 fully saturated rings. The second kappa shape index (κ2) is 5.78. The lowest BCUT2D eigenvalue weighted by Gasteiger charge is -2.10. The molecule has 0 amide bonds. The summed E-state index contributed by atoms with van der Waals surface area (Å²) in [6.45, 7) is -0.123. The molecular formula is C8H14ClN3O4S. The third kappa shape index (κ3) is 3.65. The first-order chi connectivity index (χ1) is 7.88. The van der Waals surface area contributed by atoms with Crippen molar-refractivity contribution in [2.75, 3.05) is 20.3 Å². The zero-order valence-corrected chi connectivity index (χ0v) is 11.0. The van der Waals surface area contributed by atoms with E-state index in [-0.39, 0.29) is 23.3 Å². The van der Waals surface area contributed by atoms with E-state index in [1.165, 1.54) is 18.0 Å². The van der Waals surface area contributed by atoms with E-state index in [9.17, 15) is 13.5 Å². The van der Waals surface area contributed by atoms with Crippen LogP contribution in [0.1, 0.15) is 0 Å². The van der Waals surface area contributed by atoms with Gasteiger partial charge in [0.2, 0.25) is 5.03 Å². The average Bonchev–Trinajstić information content (AvgIpc) is 2.58. The quantitative estimate of drug-likeness (QED) is 0.724. The van der Waals surface area contributed by atoms with Gasteiger partial charge in [-0.25, -0.2) is 18.1 Å². The second-order valence-corrected chi connectivity index (χ2v) is 5.45. The van der Waals surface area contributed by atoms with Crippen LogP contribution in [0.3, 0.4) is 0 Å². The monoisotopic (exact) mass is 283 g/mol. The Bertz CT molecular complexity index is 473. The molecule has 0 aliphatic heterocycles. The van der Waals surface area contributed by atoms with E-state index < -0.39 is 16.1 Å². The highest BCUT2D eigenvalue weighted by molar-refractivity contribution is 7.89. The van der Waals surface area contributed by atoms with E-state index >= 15 is 0 Å². The maximum Gasteiger partial charge on any atom is 0.261 e. The molecule has 7 nitrogen and oxygen atoms in total. The van der Waals surface area contributed by atoms with Crippen LogP contribution in [0.2, 0.25) is 5.15 Å². The summed E-state index contributed by atoms with van der Waals surface area (Å²) >= 11 is 5.76. The normalized spacial score (nSPS) is 13.9. The molecule has 0 saturated carbocycles. The van der Waals surface area contributed by atoms with Gasteiger partial charge in [0.05, 0.1) is 19.0 Å². The smallest absolute Gasteiger partial charge is 0.261 e. The zero-order chi connectivity index (χ0) is 13.1. The van der Waals surface area contributed by atoms with Crippen molar-refractivity contribution in [3.05, 3.63) is 11.5 Å². The fourth-order valence-corrected chi connectivity index (χ4v) is 2.60. The van der Waals surface area contributed by atoms with Crippen molar-refractivity contribution in [3.63, 3.8) is 0 Å². The summed E-state index contributed by atoms with van der Waals surface area (Å²) in [5, 5.41) is 9.08. The van der Waals surface area contributed by atoms with Gasteiger partial charge in [-0.3, -0.25) is 0 Å². The minimum atomic E-state index is -3.81. The highest BCUT2D eigenvalue weighted by Crippen LogP contribution is 2.17. The van der Waals surface area contributed by atoms with Crippen LogP contribution in [0.4, 0.5) is 0 Å². The van der Waals surface area contributed by atoms with Gasteiger partial charge in [0.25, 0.3) is 10.0 Å². The van der Waals surface area contributed by atoms with Crippen LogP contribution in [0.5, 0.6) is 0 Å². The van der Waals surface area contributed by atoms with Gasteiger partial charge in [-0.05, 0) is 0 Å². The van der Waals surface area contributed by atoms with E-state index in [0.717, 1.165) is 0 Å². The molecule has 0 aliphatic carbocycles. The molecule has 0 spiro atoms. The molecule has 2 N–H and O–H groups in total. The molecule has 98 valence electrons. The number of halogens is 1. The van der Waals surface area contributed by atoms with Gasteiger partial charge < -0.3 is 14.4 Å². The van der Waals surface area contributed by atoms with E-state index in [1.54, 1.807) is 7.05 Å². The average molecular weight is 284 g/mol. The van der Waals surface area contributed by atoms with E-state index in [0.29, 0.717) is 0 Å². The van der Waals surface area contributed by atoms with Crippen LogP contribution in [0.25, 0.3) is 0 Å². The first-order valence-corrected chi connectivity index (χ1v) is 6.58. The number of hydrogen-bond acceptors (Lipinski definition) is 5. The number of rotatable bonds is 6. The molecule has 1 aromatic heterocycles. The van der Waals surface area contributed by atoms with Crippen molar-refractivity contribution >= 4 is 21.6 Å². The minimum absolute atomic E-state index is 0.0127. The second-order valence-electron chi connectivity index (χ2n) is 3.41. The number of sulfonamides is 1. The summed E-state index contributed by atoms with van der Waals surface area (Å²) in [7, 11) is -0.825. The standard InChI is InChI=1S/C8H14ClN3O4S/c1-12-5-10-8(7(12)9)17(14,15)11-3-6(13)4-16-2/h5-6,11,13H,3-4H2,1-2H3. The summed E-state index contributed by atoms with van der Waals surface area (Å²) in [6, 6.07) is 0. The van der Waals surface area contributed by atoms with Crippen molar-refractivity contribution in [2.24, 2.45) is 7.05 Å². The number of aromatic nitrogens is 2.